The third kappa shape index (κ3) is 1.77. The first-order valence-electron chi connectivity index (χ1n) is 4.63. The van der Waals surface area contributed by atoms with Crippen LogP contribution in [0.25, 0.3) is 0 Å². The Bertz CT molecular complexity index is 325. The fourth-order valence-electron chi connectivity index (χ4n) is 1.40. The van der Waals surface area contributed by atoms with E-state index in [-0.39, 0.29) is 5.97 Å². The van der Waals surface area contributed by atoms with Crippen LogP contribution in [0.15, 0.2) is 6.07 Å². The lowest BCUT2D eigenvalue weighted by molar-refractivity contribution is 0.0518. The van der Waals surface area contributed by atoms with Crippen LogP contribution in [0.1, 0.15) is 23.1 Å². The SMILES string of the molecule is CCOC(=O)c1cc2n(n1)CCSC2. The van der Waals surface area contributed by atoms with Crippen molar-refractivity contribution in [3.05, 3.63) is 17.5 Å². The van der Waals surface area contributed by atoms with Crippen molar-refractivity contribution in [1.82, 2.24) is 9.78 Å². The van der Waals surface area contributed by atoms with Crippen molar-refractivity contribution in [3.8, 4) is 0 Å². The monoisotopic (exact) mass is 212 g/mol. The first kappa shape index (κ1) is 9.58. The zero-order valence-electron chi connectivity index (χ0n) is 8.02. The van der Waals surface area contributed by atoms with Gasteiger partial charge in [0.05, 0.1) is 13.2 Å². The van der Waals surface area contributed by atoms with E-state index in [4.69, 9.17) is 4.74 Å². The molecule has 0 saturated heterocycles. The molecule has 1 aliphatic heterocycles. The molecule has 14 heavy (non-hydrogen) atoms. The molecule has 5 heteroatoms. The highest BCUT2D eigenvalue weighted by Crippen LogP contribution is 2.19. The van der Waals surface area contributed by atoms with Gasteiger partial charge in [-0.15, -0.1) is 0 Å². The second kappa shape index (κ2) is 4.04. The summed E-state index contributed by atoms with van der Waals surface area (Å²) in [5.41, 5.74) is 1.55. The van der Waals surface area contributed by atoms with E-state index in [1.54, 1.807) is 6.92 Å². The first-order chi connectivity index (χ1) is 6.81. The van der Waals surface area contributed by atoms with Gasteiger partial charge in [-0.1, -0.05) is 0 Å². The van der Waals surface area contributed by atoms with E-state index in [0.29, 0.717) is 12.3 Å². The van der Waals surface area contributed by atoms with Gasteiger partial charge in [0.2, 0.25) is 0 Å². The molecular formula is C9H12N2O2S. The third-order valence-electron chi connectivity index (χ3n) is 2.05. The molecule has 0 saturated carbocycles. The minimum absolute atomic E-state index is 0.320. The van der Waals surface area contributed by atoms with Gasteiger partial charge in [0.15, 0.2) is 5.69 Å². The van der Waals surface area contributed by atoms with Crippen molar-refractivity contribution in [2.75, 3.05) is 12.4 Å². The van der Waals surface area contributed by atoms with Gasteiger partial charge >= 0.3 is 5.97 Å². The minimum atomic E-state index is -0.320. The molecule has 0 spiro atoms. The molecule has 4 nitrogen and oxygen atoms in total. The van der Waals surface area contributed by atoms with Crippen molar-refractivity contribution in [2.45, 2.75) is 19.2 Å². The van der Waals surface area contributed by atoms with Crippen LogP contribution in [0, 0.1) is 0 Å². The van der Waals surface area contributed by atoms with Gasteiger partial charge in [-0.2, -0.15) is 16.9 Å². The summed E-state index contributed by atoms with van der Waals surface area (Å²) in [5.74, 6) is 1.68. The summed E-state index contributed by atoms with van der Waals surface area (Å²) in [6, 6.07) is 1.82. The number of aryl methyl sites for hydroxylation is 1. The summed E-state index contributed by atoms with van der Waals surface area (Å²) in [6.07, 6.45) is 0. The van der Waals surface area contributed by atoms with Crippen LogP contribution in [0.4, 0.5) is 0 Å². The van der Waals surface area contributed by atoms with Crippen molar-refractivity contribution in [3.63, 3.8) is 0 Å². The van der Waals surface area contributed by atoms with E-state index < -0.39 is 0 Å². The largest absolute Gasteiger partial charge is 0.461 e. The summed E-state index contributed by atoms with van der Waals surface area (Å²) in [6.45, 7) is 3.08. The highest BCUT2D eigenvalue weighted by Gasteiger charge is 2.17. The fraction of sp³-hybridized carbons (Fsp3) is 0.556. The van der Waals surface area contributed by atoms with Crippen LogP contribution >= 0.6 is 11.8 Å². The average Bonchev–Trinajstić information content (AvgIpc) is 2.61. The number of thioether (sulfide) groups is 1. The molecule has 0 atom stereocenters. The van der Waals surface area contributed by atoms with Gasteiger partial charge in [-0.05, 0) is 13.0 Å². The van der Waals surface area contributed by atoms with Gasteiger partial charge in [-0.25, -0.2) is 4.79 Å². The average molecular weight is 212 g/mol. The van der Waals surface area contributed by atoms with Gasteiger partial charge in [0, 0.05) is 17.2 Å². The molecule has 1 aromatic rings. The van der Waals surface area contributed by atoms with Crippen LogP contribution in [-0.2, 0) is 17.0 Å². The minimum Gasteiger partial charge on any atom is -0.461 e. The van der Waals surface area contributed by atoms with Crippen LogP contribution in [0.2, 0.25) is 0 Å². The molecule has 0 bridgehead atoms. The van der Waals surface area contributed by atoms with Crippen LogP contribution < -0.4 is 0 Å². The maximum atomic E-state index is 11.4. The van der Waals surface area contributed by atoms with Gasteiger partial charge in [0.1, 0.15) is 0 Å². The van der Waals surface area contributed by atoms with E-state index in [2.05, 4.69) is 5.10 Å². The molecule has 2 rings (SSSR count). The van der Waals surface area contributed by atoms with E-state index in [1.807, 2.05) is 22.5 Å². The molecule has 1 aromatic heterocycles. The Kier molecular flexibility index (Phi) is 2.77. The lowest BCUT2D eigenvalue weighted by Gasteiger charge is -2.11. The second-order valence-electron chi connectivity index (χ2n) is 3.02. The first-order valence-corrected chi connectivity index (χ1v) is 5.78. The van der Waals surface area contributed by atoms with E-state index >= 15 is 0 Å². The topological polar surface area (TPSA) is 44.1 Å². The normalized spacial score (nSPS) is 14.9. The standard InChI is InChI=1S/C9H12N2O2S/c1-2-13-9(12)8-5-7-6-14-4-3-11(7)10-8/h5H,2-4,6H2,1H3. The van der Waals surface area contributed by atoms with Crippen LogP contribution in [-0.4, -0.2) is 28.1 Å². The summed E-state index contributed by atoms with van der Waals surface area (Å²) in [7, 11) is 0. The zero-order chi connectivity index (χ0) is 9.97. The molecule has 0 aromatic carbocycles. The number of carbonyl (C=O) groups is 1. The van der Waals surface area contributed by atoms with Gasteiger partial charge in [-0.3, -0.25) is 4.68 Å². The highest BCUT2D eigenvalue weighted by molar-refractivity contribution is 7.98. The fourth-order valence-corrected chi connectivity index (χ4v) is 2.29. The van der Waals surface area contributed by atoms with Crippen molar-refractivity contribution in [2.24, 2.45) is 0 Å². The van der Waals surface area contributed by atoms with E-state index in [9.17, 15) is 4.79 Å². The Hall–Kier alpha value is -0.970. The van der Waals surface area contributed by atoms with E-state index in [0.717, 1.165) is 23.7 Å². The number of hydrogen-bond acceptors (Lipinski definition) is 4. The van der Waals surface area contributed by atoms with Gasteiger partial charge < -0.3 is 4.74 Å². The van der Waals surface area contributed by atoms with Gasteiger partial charge in [0.25, 0.3) is 0 Å². The zero-order valence-corrected chi connectivity index (χ0v) is 8.84. The molecular weight excluding hydrogens is 200 g/mol. The van der Waals surface area contributed by atoms with Crippen molar-refractivity contribution in [1.29, 1.82) is 0 Å². The lowest BCUT2D eigenvalue weighted by atomic mass is 10.4. The third-order valence-corrected chi connectivity index (χ3v) is 3.02. The number of nitrogens with zero attached hydrogens (tertiary/aromatic N) is 2. The Balaban J connectivity index is 2.19. The lowest BCUT2D eigenvalue weighted by Crippen LogP contribution is -2.12. The maximum Gasteiger partial charge on any atom is 0.358 e. The molecule has 0 aliphatic carbocycles. The number of ether oxygens (including phenoxy) is 1. The Morgan fingerprint density at radius 2 is 2.64 bits per heavy atom. The van der Waals surface area contributed by atoms with Crippen LogP contribution in [0.3, 0.4) is 0 Å². The molecule has 0 unspecified atom stereocenters. The molecule has 0 radical (unpaired) electrons. The van der Waals surface area contributed by atoms with Crippen molar-refractivity contribution >= 4 is 17.7 Å². The summed E-state index contributed by atoms with van der Waals surface area (Å²) < 4.78 is 6.78. The Labute approximate surface area is 86.6 Å². The quantitative estimate of drug-likeness (QED) is 0.693. The Morgan fingerprint density at radius 3 is 3.36 bits per heavy atom. The number of aromatic nitrogens is 2. The number of rotatable bonds is 2. The second-order valence-corrected chi connectivity index (χ2v) is 4.12. The molecule has 76 valence electrons. The Morgan fingerprint density at radius 1 is 1.79 bits per heavy atom. The van der Waals surface area contributed by atoms with E-state index in [1.165, 1.54) is 0 Å². The molecule has 0 N–H and O–H groups in total. The molecule has 0 amide bonds. The molecule has 1 aliphatic rings. The number of fused-ring (bicyclic) bond motifs is 1. The van der Waals surface area contributed by atoms with Crippen LogP contribution in [0.5, 0.6) is 0 Å². The predicted octanol–water partition coefficient (Wildman–Crippen LogP) is 1.31. The smallest absolute Gasteiger partial charge is 0.358 e. The predicted molar refractivity (Wildman–Crippen MR) is 54.3 cm³/mol. The number of carbonyl (C=O) groups excluding carboxylic acids is 1. The van der Waals surface area contributed by atoms with Crippen molar-refractivity contribution < 1.29 is 9.53 Å². The number of esters is 1. The maximum absolute atomic E-state index is 11.4. The summed E-state index contributed by atoms with van der Waals surface area (Å²) in [5, 5.41) is 4.20. The number of hydrogen-bond donors (Lipinski definition) is 0. The molecule has 0 fully saturated rings. The summed E-state index contributed by atoms with van der Waals surface area (Å²) in [4.78, 5) is 11.4. The summed E-state index contributed by atoms with van der Waals surface area (Å²) >= 11 is 1.86. The molecule has 2 heterocycles. The highest BCUT2D eigenvalue weighted by atomic mass is 32.2.